The maximum atomic E-state index is 9.24. The van der Waals surface area contributed by atoms with Crippen molar-refractivity contribution in [2.24, 2.45) is 0 Å². The summed E-state index contributed by atoms with van der Waals surface area (Å²) in [7, 11) is 2.12. The van der Waals surface area contributed by atoms with Crippen LogP contribution in [0.1, 0.15) is 48.1 Å². The molecule has 6 heteroatoms. The number of rotatable bonds is 6. The van der Waals surface area contributed by atoms with Crippen molar-refractivity contribution >= 4 is 0 Å². The minimum absolute atomic E-state index is 0.477. The van der Waals surface area contributed by atoms with Gasteiger partial charge in [-0.2, -0.15) is 5.26 Å². The Morgan fingerprint density at radius 2 is 2.12 bits per heavy atom. The van der Waals surface area contributed by atoms with Gasteiger partial charge in [-0.1, -0.05) is 18.2 Å². The van der Waals surface area contributed by atoms with Crippen molar-refractivity contribution in [1.82, 2.24) is 20.0 Å². The van der Waals surface area contributed by atoms with Gasteiger partial charge in [-0.15, -0.1) is 10.2 Å². The number of hydrogen-bond donors (Lipinski definition) is 0. The smallest absolute Gasteiger partial charge is 0.230 e. The lowest BCUT2D eigenvalue weighted by molar-refractivity contribution is 0.204. The third-order valence-electron chi connectivity index (χ3n) is 5.20. The molecule has 1 atom stereocenters. The first-order valence-electron chi connectivity index (χ1n) is 8.96. The molecule has 0 N–H and O–H groups in total. The van der Waals surface area contributed by atoms with E-state index in [2.05, 4.69) is 33.1 Å². The van der Waals surface area contributed by atoms with Gasteiger partial charge in [0.15, 0.2) is 0 Å². The first-order valence-corrected chi connectivity index (χ1v) is 8.96. The summed E-state index contributed by atoms with van der Waals surface area (Å²) in [6.07, 6.45) is 3.48. The van der Waals surface area contributed by atoms with E-state index < -0.39 is 0 Å². The summed E-state index contributed by atoms with van der Waals surface area (Å²) >= 11 is 0. The summed E-state index contributed by atoms with van der Waals surface area (Å²) in [5, 5.41) is 17.6. The molecular weight excluding hydrogens is 314 g/mol. The summed E-state index contributed by atoms with van der Waals surface area (Å²) < 4.78 is 5.78. The van der Waals surface area contributed by atoms with Gasteiger partial charge in [-0.3, -0.25) is 9.80 Å². The van der Waals surface area contributed by atoms with E-state index in [4.69, 9.17) is 4.42 Å². The van der Waals surface area contributed by atoms with Gasteiger partial charge < -0.3 is 4.42 Å². The van der Waals surface area contributed by atoms with Crippen molar-refractivity contribution in [3.05, 3.63) is 47.2 Å². The van der Waals surface area contributed by atoms with Crippen LogP contribution >= 0.6 is 0 Å². The molecule has 0 amide bonds. The van der Waals surface area contributed by atoms with Crippen molar-refractivity contribution in [3.8, 4) is 6.07 Å². The van der Waals surface area contributed by atoms with Crippen molar-refractivity contribution in [3.63, 3.8) is 0 Å². The van der Waals surface area contributed by atoms with Crippen LogP contribution in [-0.2, 0) is 13.1 Å². The first-order chi connectivity index (χ1) is 12.2. The number of benzene rings is 1. The topological polar surface area (TPSA) is 69.2 Å². The normalized spacial score (nSPS) is 20.9. The van der Waals surface area contributed by atoms with Gasteiger partial charge in [0.25, 0.3) is 0 Å². The molecule has 1 aliphatic heterocycles. The average molecular weight is 337 g/mol. The molecule has 4 rings (SSSR count). The van der Waals surface area contributed by atoms with Crippen LogP contribution in [0.5, 0.6) is 0 Å². The van der Waals surface area contributed by atoms with Crippen LogP contribution in [0.4, 0.5) is 0 Å². The summed E-state index contributed by atoms with van der Waals surface area (Å²) in [5.74, 6) is 2.04. The second-order valence-electron chi connectivity index (χ2n) is 7.17. The van der Waals surface area contributed by atoms with Crippen LogP contribution < -0.4 is 0 Å². The number of nitriles is 1. The zero-order valence-corrected chi connectivity index (χ0v) is 14.6. The van der Waals surface area contributed by atoms with E-state index in [1.165, 1.54) is 12.8 Å². The van der Waals surface area contributed by atoms with Gasteiger partial charge in [0.1, 0.15) is 0 Å². The molecule has 2 aliphatic rings. The van der Waals surface area contributed by atoms with Gasteiger partial charge >= 0.3 is 0 Å². The Bertz CT molecular complexity index is 776. The van der Waals surface area contributed by atoms with Crippen LogP contribution in [-0.4, -0.2) is 46.2 Å². The fraction of sp³-hybridized carbons (Fsp3) is 0.526. The molecule has 6 nitrogen and oxygen atoms in total. The van der Waals surface area contributed by atoms with Crippen LogP contribution in [0.3, 0.4) is 0 Å². The number of likely N-dealkylation sites (N-methyl/N-ethyl adjacent to an activating group) is 1. The highest BCUT2D eigenvalue weighted by Crippen LogP contribution is 2.39. The average Bonchev–Trinajstić information content (AvgIpc) is 3.19. The highest BCUT2D eigenvalue weighted by Gasteiger charge is 2.30. The Morgan fingerprint density at radius 1 is 1.28 bits per heavy atom. The van der Waals surface area contributed by atoms with Crippen LogP contribution in [0.25, 0.3) is 0 Å². The standard InChI is InChI=1S/C19H23N5O/c1-23(13-18-21-22-19(25-18)14-6-7-14)17-8-9-24(12-17)11-16-5-3-2-4-15(16)10-20/h2-5,14,17H,6-9,11-13H2,1H3/t17-/m0/s1. The minimum Gasteiger partial charge on any atom is -0.424 e. The number of aromatic nitrogens is 2. The Hall–Kier alpha value is -2.23. The van der Waals surface area contributed by atoms with Gasteiger partial charge in [0.05, 0.1) is 18.2 Å². The van der Waals surface area contributed by atoms with E-state index in [-0.39, 0.29) is 0 Å². The molecule has 0 bridgehead atoms. The summed E-state index contributed by atoms with van der Waals surface area (Å²) in [4.78, 5) is 4.72. The van der Waals surface area contributed by atoms with Crippen molar-refractivity contribution in [2.45, 2.75) is 44.3 Å². The van der Waals surface area contributed by atoms with Crippen LogP contribution in [0.2, 0.25) is 0 Å². The lowest BCUT2D eigenvalue weighted by Crippen LogP contribution is -2.34. The molecular formula is C19H23N5O. The summed E-state index contributed by atoms with van der Waals surface area (Å²) in [6.45, 7) is 3.58. The largest absolute Gasteiger partial charge is 0.424 e. The fourth-order valence-electron chi connectivity index (χ4n) is 3.49. The number of nitrogens with zero attached hydrogens (tertiary/aromatic N) is 5. The third-order valence-corrected chi connectivity index (χ3v) is 5.20. The molecule has 0 radical (unpaired) electrons. The monoisotopic (exact) mass is 337 g/mol. The SMILES string of the molecule is CN(Cc1nnc(C2CC2)o1)[C@H]1CCN(Cc2ccccc2C#N)C1. The zero-order chi connectivity index (χ0) is 17.2. The van der Waals surface area contributed by atoms with Gasteiger partial charge in [0.2, 0.25) is 11.8 Å². The maximum Gasteiger partial charge on any atom is 0.230 e. The zero-order valence-electron chi connectivity index (χ0n) is 14.6. The lowest BCUT2D eigenvalue weighted by atomic mass is 10.1. The molecule has 130 valence electrons. The Labute approximate surface area is 148 Å². The molecule has 0 spiro atoms. The Balaban J connectivity index is 1.32. The molecule has 0 unspecified atom stereocenters. The second-order valence-corrected chi connectivity index (χ2v) is 7.17. The lowest BCUT2D eigenvalue weighted by Gasteiger charge is -2.23. The van der Waals surface area contributed by atoms with Crippen LogP contribution in [0, 0.1) is 11.3 Å². The van der Waals surface area contributed by atoms with E-state index in [0.29, 0.717) is 18.5 Å². The number of hydrogen-bond acceptors (Lipinski definition) is 6. The van der Waals surface area contributed by atoms with E-state index >= 15 is 0 Å². The van der Waals surface area contributed by atoms with Crippen molar-refractivity contribution in [2.75, 3.05) is 20.1 Å². The quantitative estimate of drug-likeness (QED) is 0.807. The second kappa shape index (κ2) is 6.95. The summed E-state index contributed by atoms with van der Waals surface area (Å²) in [6, 6.07) is 10.6. The maximum absolute atomic E-state index is 9.24. The van der Waals surface area contributed by atoms with E-state index in [1.807, 2.05) is 24.3 Å². The Morgan fingerprint density at radius 3 is 2.92 bits per heavy atom. The molecule has 25 heavy (non-hydrogen) atoms. The molecule has 1 aliphatic carbocycles. The molecule has 2 aromatic rings. The van der Waals surface area contributed by atoms with Crippen LogP contribution in [0.15, 0.2) is 28.7 Å². The third kappa shape index (κ3) is 3.73. The van der Waals surface area contributed by atoms with E-state index in [0.717, 1.165) is 49.0 Å². The van der Waals surface area contributed by atoms with Gasteiger partial charge in [0, 0.05) is 31.6 Å². The van der Waals surface area contributed by atoms with Crippen molar-refractivity contribution < 1.29 is 4.42 Å². The highest BCUT2D eigenvalue weighted by atomic mass is 16.4. The molecule has 1 saturated carbocycles. The predicted molar refractivity (Wildman–Crippen MR) is 92.6 cm³/mol. The number of likely N-dealkylation sites (tertiary alicyclic amines) is 1. The summed E-state index contributed by atoms with van der Waals surface area (Å²) in [5.41, 5.74) is 1.89. The predicted octanol–water partition coefficient (Wildman–Crippen LogP) is 2.52. The highest BCUT2D eigenvalue weighted by molar-refractivity contribution is 5.37. The van der Waals surface area contributed by atoms with E-state index in [1.54, 1.807) is 0 Å². The minimum atomic E-state index is 0.477. The van der Waals surface area contributed by atoms with Crippen molar-refractivity contribution in [1.29, 1.82) is 5.26 Å². The fourth-order valence-corrected chi connectivity index (χ4v) is 3.49. The van der Waals surface area contributed by atoms with Gasteiger partial charge in [-0.25, -0.2) is 0 Å². The van der Waals surface area contributed by atoms with Gasteiger partial charge in [-0.05, 0) is 37.9 Å². The molecule has 1 aromatic heterocycles. The molecule has 1 aromatic carbocycles. The molecule has 2 fully saturated rings. The first kappa shape index (κ1) is 16.2. The Kier molecular flexibility index (Phi) is 4.51. The van der Waals surface area contributed by atoms with E-state index in [9.17, 15) is 5.26 Å². The molecule has 1 saturated heterocycles. The molecule has 2 heterocycles.